The van der Waals surface area contributed by atoms with Gasteiger partial charge in [-0.1, -0.05) is 127 Å². The van der Waals surface area contributed by atoms with Crippen molar-refractivity contribution in [3.05, 3.63) is 157 Å². The number of benzene rings is 8. The number of hydrogen-bond acceptors (Lipinski definition) is 1. The molecule has 9 rings (SSSR count). The molecule has 0 aliphatic carbocycles. The molecule has 200 valence electrons. The SMILES string of the molecule is [2H]c1c([2H])c([2H])c(-c2c3c([2H])c([2H])c([2H])c([2H])c3c(-c3ccc4c(c3)oc3cc(-c5ccc6ccccc6c5)ccc34)c3c([2H])c([2H])c([2H])c([2H])c23)c([2H])c1[2H]. The normalized spacial score (nSPS) is 16.0. The zero-order chi connectivity index (χ0) is 39.6. The summed E-state index contributed by atoms with van der Waals surface area (Å²) in [4.78, 5) is 0. The molecule has 0 radical (unpaired) electrons. The highest BCUT2D eigenvalue weighted by atomic mass is 16.3. The molecule has 0 aliphatic heterocycles. The van der Waals surface area contributed by atoms with E-state index < -0.39 is 84.1 Å². The molecule has 0 aliphatic rings. The molecule has 1 heteroatoms. The highest BCUT2D eigenvalue weighted by molar-refractivity contribution is 6.22. The topological polar surface area (TPSA) is 13.1 Å². The fourth-order valence-corrected chi connectivity index (χ4v) is 6.02. The zero-order valence-electron chi connectivity index (χ0n) is 35.4. The van der Waals surface area contributed by atoms with Gasteiger partial charge in [-0.05, 0) is 96.0 Å². The van der Waals surface area contributed by atoms with Gasteiger partial charge in [0.25, 0.3) is 0 Å². The van der Waals surface area contributed by atoms with Crippen LogP contribution in [-0.2, 0) is 0 Å². The first-order valence-corrected chi connectivity index (χ1v) is 13.7. The predicted molar refractivity (Wildman–Crippen MR) is 183 cm³/mol. The van der Waals surface area contributed by atoms with Gasteiger partial charge in [-0.15, -0.1) is 0 Å². The van der Waals surface area contributed by atoms with Gasteiger partial charge in [0, 0.05) is 10.8 Å². The molecule has 0 N–H and O–H groups in total. The maximum absolute atomic E-state index is 9.20. The number of hydrogen-bond donors (Lipinski definition) is 0. The van der Waals surface area contributed by atoms with Gasteiger partial charge in [0.05, 0.1) is 17.8 Å². The maximum Gasteiger partial charge on any atom is 0.136 e. The molecule has 9 aromatic rings. The van der Waals surface area contributed by atoms with Crippen LogP contribution < -0.4 is 0 Å². The van der Waals surface area contributed by atoms with Crippen LogP contribution in [0, 0.1) is 0 Å². The molecule has 0 amide bonds. The molecule has 0 bridgehead atoms. The van der Waals surface area contributed by atoms with E-state index in [1.165, 1.54) is 0 Å². The maximum atomic E-state index is 9.20. The second-order valence-corrected chi connectivity index (χ2v) is 10.3. The Hall–Kier alpha value is -5.66. The molecular formula is C42H26O. The molecule has 0 atom stereocenters. The summed E-state index contributed by atoms with van der Waals surface area (Å²) in [5.41, 5.74) is 2.49. The Bertz CT molecular complexity index is 3130. The van der Waals surface area contributed by atoms with Crippen LogP contribution in [0.1, 0.15) is 17.8 Å². The van der Waals surface area contributed by atoms with E-state index in [-0.39, 0.29) is 32.7 Å². The fourth-order valence-electron chi connectivity index (χ4n) is 6.02. The summed E-state index contributed by atoms with van der Waals surface area (Å²) in [6, 6.07) is 16.9. The van der Waals surface area contributed by atoms with Gasteiger partial charge >= 0.3 is 0 Å². The summed E-state index contributed by atoms with van der Waals surface area (Å²) < 4.78 is 121. The summed E-state index contributed by atoms with van der Waals surface area (Å²) >= 11 is 0. The first-order valence-electron chi connectivity index (χ1n) is 20.2. The Labute approximate surface area is 267 Å². The summed E-state index contributed by atoms with van der Waals surface area (Å²) in [6.07, 6.45) is 0. The minimum atomic E-state index is -0.716. The van der Waals surface area contributed by atoms with E-state index in [9.17, 15) is 2.74 Å². The molecule has 8 aromatic carbocycles. The van der Waals surface area contributed by atoms with Gasteiger partial charge in [-0.3, -0.25) is 0 Å². The third-order valence-electron chi connectivity index (χ3n) is 7.97. The highest BCUT2D eigenvalue weighted by Crippen LogP contribution is 2.44. The third-order valence-corrected chi connectivity index (χ3v) is 7.97. The van der Waals surface area contributed by atoms with Crippen molar-refractivity contribution in [2.24, 2.45) is 0 Å². The summed E-state index contributed by atoms with van der Waals surface area (Å²) in [5, 5.41) is 2.94. The van der Waals surface area contributed by atoms with E-state index in [1.807, 2.05) is 48.5 Å². The van der Waals surface area contributed by atoms with Crippen molar-refractivity contribution < 1.29 is 22.2 Å². The van der Waals surface area contributed by atoms with Gasteiger partial charge < -0.3 is 4.42 Å². The Kier molecular flexibility index (Phi) is 3.18. The van der Waals surface area contributed by atoms with Gasteiger partial charge in [0.15, 0.2) is 0 Å². The molecule has 0 saturated carbocycles. The monoisotopic (exact) mass is 559 g/mol. The van der Waals surface area contributed by atoms with Crippen molar-refractivity contribution in [1.82, 2.24) is 0 Å². The van der Waals surface area contributed by atoms with Crippen LogP contribution >= 0.6 is 0 Å². The average molecular weight is 560 g/mol. The second kappa shape index (κ2) is 9.44. The van der Waals surface area contributed by atoms with Crippen molar-refractivity contribution >= 4 is 54.3 Å². The van der Waals surface area contributed by atoms with E-state index in [1.54, 1.807) is 18.2 Å². The van der Waals surface area contributed by atoms with Crippen molar-refractivity contribution in [2.45, 2.75) is 0 Å². The lowest BCUT2D eigenvalue weighted by atomic mass is 9.86. The average Bonchev–Trinajstić information content (AvgIpc) is 3.58. The molecule has 43 heavy (non-hydrogen) atoms. The van der Waals surface area contributed by atoms with Crippen LogP contribution in [0.5, 0.6) is 0 Å². The first-order chi connectivity index (χ1) is 26.7. The van der Waals surface area contributed by atoms with Gasteiger partial charge in [0.1, 0.15) is 11.2 Å². The van der Waals surface area contributed by atoms with Crippen LogP contribution in [0.15, 0.2) is 162 Å². The van der Waals surface area contributed by atoms with Crippen LogP contribution in [-0.4, -0.2) is 0 Å². The molecule has 0 unspecified atom stereocenters. The van der Waals surface area contributed by atoms with Crippen molar-refractivity contribution in [3.63, 3.8) is 0 Å². The summed E-state index contributed by atoms with van der Waals surface area (Å²) in [5.74, 6) is 0. The first kappa shape index (κ1) is 14.5. The molecule has 1 heterocycles. The molecule has 1 nitrogen and oxygen atoms in total. The standard InChI is InChI=1S/C42H26O/c1-2-11-28(12-3-1)41-35-14-6-8-16-37(35)42(38-17-9-7-15-36(38)41)32-21-23-34-33-22-20-31(25-39(33)43-40(34)26-32)30-19-18-27-10-4-5-13-29(27)24-30/h1-26H/i1D,2D,3D,6D,7D,8D,9D,11D,12D,14D,15D,16D,17D. The van der Waals surface area contributed by atoms with Crippen LogP contribution in [0.25, 0.3) is 87.6 Å². The lowest BCUT2D eigenvalue weighted by Crippen LogP contribution is -1.90. The fraction of sp³-hybridized carbons (Fsp3) is 0. The smallest absolute Gasteiger partial charge is 0.136 e. The second-order valence-electron chi connectivity index (χ2n) is 10.3. The molecular weight excluding hydrogens is 520 g/mol. The Morgan fingerprint density at radius 2 is 0.860 bits per heavy atom. The van der Waals surface area contributed by atoms with Gasteiger partial charge in [0.2, 0.25) is 0 Å². The number of rotatable bonds is 3. The quantitative estimate of drug-likeness (QED) is 0.196. The largest absolute Gasteiger partial charge is 0.456 e. The Morgan fingerprint density at radius 1 is 0.372 bits per heavy atom. The molecule has 0 fully saturated rings. The van der Waals surface area contributed by atoms with Crippen LogP contribution in [0.3, 0.4) is 0 Å². The van der Waals surface area contributed by atoms with Gasteiger partial charge in [-0.2, -0.15) is 0 Å². The van der Waals surface area contributed by atoms with Crippen LogP contribution in [0.4, 0.5) is 0 Å². The highest BCUT2D eigenvalue weighted by Gasteiger charge is 2.17. The zero-order valence-corrected chi connectivity index (χ0v) is 22.4. The number of furan rings is 1. The Balaban J connectivity index is 1.40. The molecule has 0 saturated heterocycles. The predicted octanol–water partition coefficient (Wildman–Crippen LogP) is 12.0. The lowest BCUT2D eigenvalue weighted by Gasteiger charge is -2.17. The van der Waals surface area contributed by atoms with Crippen molar-refractivity contribution in [2.75, 3.05) is 0 Å². The van der Waals surface area contributed by atoms with E-state index in [4.69, 9.17) is 19.5 Å². The summed E-state index contributed by atoms with van der Waals surface area (Å²) in [6.45, 7) is 0. The van der Waals surface area contributed by atoms with E-state index in [0.29, 0.717) is 16.7 Å². The summed E-state index contributed by atoms with van der Waals surface area (Å²) in [7, 11) is 0. The van der Waals surface area contributed by atoms with Crippen LogP contribution in [0.2, 0.25) is 0 Å². The lowest BCUT2D eigenvalue weighted by molar-refractivity contribution is 0.669. The molecule has 0 spiro atoms. The third kappa shape index (κ3) is 3.79. The minimum Gasteiger partial charge on any atom is -0.456 e. The van der Waals surface area contributed by atoms with Crippen molar-refractivity contribution in [1.29, 1.82) is 0 Å². The van der Waals surface area contributed by atoms with Gasteiger partial charge in [-0.25, -0.2) is 0 Å². The Morgan fingerprint density at radius 3 is 1.51 bits per heavy atom. The van der Waals surface area contributed by atoms with Crippen molar-refractivity contribution in [3.8, 4) is 33.4 Å². The minimum absolute atomic E-state index is 0.0457. The number of fused-ring (bicyclic) bond motifs is 6. The molecule has 1 aromatic heterocycles. The van der Waals surface area contributed by atoms with E-state index >= 15 is 0 Å². The van der Waals surface area contributed by atoms with E-state index in [2.05, 4.69) is 12.1 Å². The van der Waals surface area contributed by atoms with E-state index in [0.717, 1.165) is 32.7 Å².